The fourth-order valence-corrected chi connectivity index (χ4v) is 4.70. The summed E-state index contributed by atoms with van der Waals surface area (Å²) in [4.78, 5) is 12.2. The van der Waals surface area contributed by atoms with Gasteiger partial charge in [0.05, 0.1) is 6.07 Å². The second-order valence-electron chi connectivity index (χ2n) is 6.02. The van der Waals surface area contributed by atoms with Crippen LogP contribution in [-0.2, 0) is 4.79 Å². The molecule has 0 aromatic heterocycles. The Morgan fingerprint density at radius 1 is 1.12 bits per heavy atom. The standard InChI is InChI=1S/C14H17NO/c15-3-1-2-13(16)14-7-10-4-11(8-14)6-12(5-10)9-14/h1-2,10-12H,4-9H2/b2-1+. The lowest BCUT2D eigenvalue weighted by molar-refractivity contribution is -0.138. The number of hydrogen-bond donors (Lipinski definition) is 0. The first-order valence-corrected chi connectivity index (χ1v) is 6.32. The molecule has 4 fully saturated rings. The summed E-state index contributed by atoms with van der Waals surface area (Å²) in [5.74, 6) is 2.62. The maximum Gasteiger partial charge on any atom is 0.162 e. The third-order valence-electron chi connectivity index (χ3n) is 4.87. The summed E-state index contributed by atoms with van der Waals surface area (Å²) in [6, 6.07) is 1.93. The van der Waals surface area contributed by atoms with Crippen molar-refractivity contribution in [2.45, 2.75) is 38.5 Å². The van der Waals surface area contributed by atoms with Crippen LogP contribution in [0.25, 0.3) is 0 Å². The monoisotopic (exact) mass is 215 g/mol. The van der Waals surface area contributed by atoms with Gasteiger partial charge in [-0.1, -0.05) is 0 Å². The van der Waals surface area contributed by atoms with Crippen LogP contribution in [0.5, 0.6) is 0 Å². The summed E-state index contributed by atoms with van der Waals surface area (Å²) in [5.41, 5.74) is -0.0674. The van der Waals surface area contributed by atoms with Crippen molar-refractivity contribution in [2.75, 3.05) is 0 Å². The second-order valence-corrected chi connectivity index (χ2v) is 6.02. The highest BCUT2D eigenvalue weighted by atomic mass is 16.1. The second kappa shape index (κ2) is 3.45. The third kappa shape index (κ3) is 1.42. The molecule has 0 unspecified atom stereocenters. The van der Waals surface area contributed by atoms with Crippen LogP contribution in [0.1, 0.15) is 38.5 Å². The number of nitriles is 1. The quantitative estimate of drug-likeness (QED) is 0.525. The first kappa shape index (κ1) is 10.1. The molecule has 4 rings (SSSR count). The summed E-state index contributed by atoms with van der Waals surface area (Å²) >= 11 is 0. The van der Waals surface area contributed by atoms with Crippen LogP contribution in [-0.4, -0.2) is 5.78 Å². The predicted octanol–water partition coefficient (Wildman–Crippen LogP) is 2.85. The number of hydrogen-bond acceptors (Lipinski definition) is 2. The molecule has 0 aromatic carbocycles. The van der Waals surface area contributed by atoms with Crippen molar-refractivity contribution in [3.63, 3.8) is 0 Å². The number of ketones is 1. The number of allylic oxidation sites excluding steroid dienone is 2. The number of carbonyl (C=O) groups excluding carboxylic acids is 1. The fourth-order valence-electron chi connectivity index (χ4n) is 4.70. The molecule has 2 heteroatoms. The van der Waals surface area contributed by atoms with Crippen LogP contribution in [0.4, 0.5) is 0 Å². The first-order valence-electron chi connectivity index (χ1n) is 6.32. The van der Waals surface area contributed by atoms with Gasteiger partial charge in [-0.05, 0) is 62.4 Å². The zero-order chi connectivity index (χ0) is 11.2. The maximum absolute atomic E-state index is 12.2. The molecule has 0 saturated heterocycles. The van der Waals surface area contributed by atoms with E-state index in [4.69, 9.17) is 5.26 Å². The highest BCUT2D eigenvalue weighted by molar-refractivity contribution is 5.95. The molecule has 0 heterocycles. The topological polar surface area (TPSA) is 40.9 Å². The largest absolute Gasteiger partial charge is 0.294 e. The fraction of sp³-hybridized carbons (Fsp3) is 0.714. The minimum absolute atomic E-state index is 0.0674. The summed E-state index contributed by atoms with van der Waals surface area (Å²) in [6.45, 7) is 0. The molecule has 4 aliphatic carbocycles. The van der Waals surface area contributed by atoms with Crippen LogP contribution in [0.2, 0.25) is 0 Å². The van der Waals surface area contributed by atoms with Crippen LogP contribution >= 0.6 is 0 Å². The lowest BCUT2D eigenvalue weighted by Gasteiger charge is -2.55. The molecule has 0 aliphatic heterocycles. The van der Waals surface area contributed by atoms with E-state index in [1.165, 1.54) is 31.4 Å². The average molecular weight is 215 g/mol. The lowest BCUT2D eigenvalue weighted by Crippen LogP contribution is -2.49. The molecule has 0 amide bonds. The molecule has 0 spiro atoms. The SMILES string of the molecule is N#C/C=C/C(=O)C12CC3CC(CC(C3)C1)C2. The molecule has 0 atom stereocenters. The first-order chi connectivity index (χ1) is 7.72. The summed E-state index contributed by atoms with van der Waals surface area (Å²) < 4.78 is 0. The third-order valence-corrected chi connectivity index (χ3v) is 4.87. The highest BCUT2D eigenvalue weighted by Gasteiger charge is 2.53. The van der Waals surface area contributed by atoms with Gasteiger partial charge in [-0.15, -0.1) is 0 Å². The molecular formula is C14H17NO. The van der Waals surface area contributed by atoms with E-state index in [2.05, 4.69) is 0 Å². The molecule has 0 aromatic rings. The zero-order valence-corrected chi connectivity index (χ0v) is 9.48. The van der Waals surface area contributed by atoms with E-state index in [0.29, 0.717) is 0 Å². The van der Waals surface area contributed by atoms with Crippen molar-refractivity contribution in [3.05, 3.63) is 12.2 Å². The number of carbonyl (C=O) groups is 1. The lowest BCUT2D eigenvalue weighted by atomic mass is 9.48. The van der Waals surface area contributed by atoms with Gasteiger partial charge < -0.3 is 0 Å². The number of nitrogens with zero attached hydrogens (tertiary/aromatic N) is 1. The minimum atomic E-state index is -0.0674. The number of rotatable bonds is 2. The maximum atomic E-state index is 12.2. The van der Waals surface area contributed by atoms with E-state index in [0.717, 1.165) is 37.0 Å². The van der Waals surface area contributed by atoms with Gasteiger partial charge in [0.1, 0.15) is 0 Å². The normalized spacial score (nSPS) is 44.8. The van der Waals surface area contributed by atoms with Crippen LogP contribution in [0.3, 0.4) is 0 Å². The van der Waals surface area contributed by atoms with E-state index in [1.54, 1.807) is 0 Å². The average Bonchev–Trinajstić information content (AvgIpc) is 2.24. The summed E-state index contributed by atoms with van der Waals surface area (Å²) in [6.07, 6.45) is 10.2. The van der Waals surface area contributed by atoms with Gasteiger partial charge >= 0.3 is 0 Å². The van der Waals surface area contributed by atoms with Crippen LogP contribution in [0, 0.1) is 34.5 Å². The Labute approximate surface area is 96.3 Å². The molecule has 84 valence electrons. The van der Waals surface area contributed by atoms with Crippen LogP contribution < -0.4 is 0 Å². The van der Waals surface area contributed by atoms with Gasteiger partial charge in [-0.25, -0.2) is 0 Å². The van der Waals surface area contributed by atoms with Crippen molar-refractivity contribution >= 4 is 5.78 Å². The summed E-state index contributed by atoms with van der Waals surface area (Å²) in [7, 11) is 0. The Balaban J connectivity index is 1.86. The molecule has 16 heavy (non-hydrogen) atoms. The highest BCUT2D eigenvalue weighted by Crippen LogP contribution is 2.60. The zero-order valence-electron chi connectivity index (χ0n) is 9.48. The van der Waals surface area contributed by atoms with E-state index in [1.807, 2.05) is 6.07 Å². The molecule has 0 N–H and O–H groups in total. The molecular weight excluding hydrogens is 198 g/mol. The molecule has 4 saturated carbocycles. The van der Waals surface area contributed by atoms with E-state index < -0.39 is 0 Å². The van der Waals surface area contributed by atoms with Crippen LogP contribution in [0.15, 0.2) is 12.2 Å². The van der Waals surface area contributed by atoms with Crippen molar-refractivity contribution < 1.29 is 4.79 Å². The Morgan fingerprint density at radius 2 is 1.62 bits per heavy atom. The Bertz CT molecular complexity index is 353. The van der Waals surface area contributed by atoms with Gasteiger partial charge in [0.25, 0.3) is 0 Å². The molecule has 2 nitrogen and oxygen atoms in total. The Morgan fingerprint density at radius 3 is 2.06 bits per heavy atom. The predicted molar refractivity (Wildman–Crippen MR) is 60.4 cm³/mol. The van der Waals surface area contributed by atoms with Gasteiger partial charge in [0.15, 0.2) is 5.78 Å². The van der Waals surface area contributed by atoms with Crippen molar-refractivity contribution in [1.82, 2.24) is 0 Å². The van der Waals surface area contributed by atoms with Gasteiger partial charge in [-0.2, -0.15) is 5.26 Å². The Hall–Kier alpha value is -1.10. The molecule has 4 bridgehead atoms. The smallest absolute Gasteiger partial charge is 0.162 e. The molecule has 0 radical (unpaired) electrons. The van der Waals surface area contributed by atoms with Gasteiger partial charge in [0.2, 0.25) is 0 Å². The van der Waals surface area contributed by atoms with Crippen molar-refractivity contribution in [3.8, 4) is 6.07 Å². The molecule has 4 aliphatic rings. The van der Waals surface area contributed by atoms with Crippen molar-refractivity contribution in [2.24, 2.45) is 23.2 Å². The Kier molecular flexibility index (Phi) is 2.17. The van der Waals surface area contributed by atoms with Gasteiger partial charge in [0, 0.05) is 11.5 Å². The van der Waals surface area contributed by atoms with E-state index in [9.17, 15) is 4.79 Å². The van der Waals surface area contributed by atoms with E-state index in [-0.39, 0.29) is 11.2 Å². The summed E-state index contributed by atoms with van der Waals surface area (Å²) in [5, 5.41) is 8.51. The van der Waals surface area contributed by atoms with Gasteiger partial charge in [-0.3, -0.25) is 4.79 Å². The van der Waals surface area contributed by atoms with Crippen molar-refractivity contribution in [1.29, 1.82) is 5.26 Å². The van der Waals surface area contributed by atoms with E-state index >= 15 is 0 Å². The minimum Gasteiger partial charge on any atom is -0.294 e.